The molecule has 2 saturated heterocycles. The molecule has 2 aliphatic rings. The van der Waals surface area contributed by atoms with E-state index in [0.29, 0.717) is 57.6 Å². The molecule has 6 heteroatoms. The molecule has 148 valence electrons. The monoisotopic (exact) mass is 368 g/mol. The molecule has 2 heterocycles. The molecule has 5 nitrogen and oxygen atoms in total. The van der Waals surface area contributed by atoms with Crippen molar-refractivity contribution in [1.82, 2.24) is 9.80 Å². The Labute approximate surface area is 156 Å². The lowest BCUT2D eigenvalue weighted by molar-refractivity contribution is -0.161. The number of nitrogens with zero attached hydrogens (tertiary/aromatic N) is 2. The summed E-state index contributed by atoms with van der Waals surface area (Å²) in [6.07, 6.45) is 6.42. The summed E-state index contributed by atoms with van der Waals surface area (Å²) < 4.78 is 20.0. The average molecular weight is 368 g/mol. The molecule has 2 aliphatic heterocycles. The number of piperidine rings is 1. The molecule has 0 atom stereocenters. The standard InChI is InChI=1S/C20H33FN2O3/c1-4-5-6-7-8-17(24)22-11-9-20(10-12-22)15-23(13-14-26-20)19(25)18(21)16(2)3/h4-15H2,1-3H3. The molecule has 0 bridgehead atoms. The van der Waals surface area contributed by atoms with Crippen LogP contribution in [0.1, 0.15) is 65.7 Å². The maximum Gasteiger partial charge on any atom is 0.282 e. The van der Waals surface area contributed by atoms with E-state index < -0.39 is 17.3 Å². The van der Waals surface area contributed by atoms with E-state index in [1.807, 2.05) is 4.90 Å². The van der Waals surface area contributed by atoms with Crippen LogP contribution in [0.25, 0.3) is 0 Å². The molecule has 0 unspecified atom stereocenters. The van der Waals surface area contributed by atoms with Gasteiger partial charge in [-0.2, -0.15) is 0 Å². The number of unbranched alkanes of at least 4 members (excludes halogenated alkanes) is 3. The minimum absolute atomic E-state index is 0.218. The summed E-state index contributed by atoms with van der Waals surface area (Å²) in [5, 5.41) is 0. The van der Waals surface area contributed by atoms with Crippen molar-refractivity contribution >= 4 is 11.8 Å². The van der Waals surface area contributed by atoms with Crippen LogP contribution in [0.5, 0.6) is 0 Å². The topological polar surface area (TPSA) is 49.9 Å². The molecular formula is C20H33FN2O3. The normalized spacial score (nSPS) is 19.5. The fraction of sp³-hybridized carbons (Fsp3) is 0.800. The number of halogens is 1. The lowest BCUT2D eigenvalue weighted by Gasteiger charge is -2.47. The maximum atomic E-state index is 14.0. The van der Waals surface area contributed by atoms with Gasteiger partial charge in [-0.25, -0.2) is 4.39 Å². The van der Waals surface area contributed by atoms with Crippen molar-refractivity contribution in [2.45, 2.75) is 71.3 Å². The number of likely N-dealkylation sites (tertiary alicyclic amines) is 1. The molecule has 0 aromatic carbocycles. The van der Waals surface area contributed by atoms with E-state index in [0.717, 1.165) is 12.8 Å². The van der Waals surface area contributed by atoms with E-state index in [9.17, 15) is 14.0 Å². The van der Waals surface area contributed by atoms with Gasteiger partial charge in [0.05, 0.1) is 18.8 Å². The van der Waals surface area contributed by atoms with Crippen LogP contribution in [-0.4, -0.2) is 60.0 Å². The fourth-order valence-corrected chi connectivity index (χ4v) is 3.70. The van der Waals surface area contributed by atoms with Gasteiger partial charge in [0.15, 0.2) is 5.83 Å². The third-order valence-electron chi connectivity index (χ3n) is 5.43. The van der Waals surface area contributed by atoms with Gasteiger partial charge in [0.25, 0.3) is 5.91 Å². The Morgan fingerprint density at radius 3 is 2.35 bits per heavy atom. The Morgan fingerprint density at radius 2 is 1.73 bits per heavy atom. The number of rotatable bonds is 6. The molecule has 0 radical (unpaired) electrons. The molecule has 0 aromatic rings. The van der Waals surface area contributed by atoms with Gasteiger partial charge >= 0.3 is 0 Å². The van der Waals surface area contributed by atoms with Gasteiger partial charge in [-0.3, -0.25) is 9.59 Å². The van der Waals surface area contributed by atoms with Gasteiger partial charge in [-0.1, -0.05) is 26.2 Å². The number of hydrogen-bond donors (Lipinski definition) is 0. The highest BCUT2D eigenvalue weighted by Crippen LogP contribution is 2.31. The largest absolute Gasteiger partial charge is 0.371 e. The second kappa shape index (κ2) is 9.49. The summed E-state index contributed by atoms with van der Waals surface area (Å²) in [5.41, 5.74) is -0.0338. The molecule has 2 amide bonds. The van der Waals surface area contributed by atoms with E-state index in [1.54, 1.807) is 18.7 Å². The van der Waals surface area contributed by atoms with Crippen LogP contribution in [0.3, 0.4) is 0 Å². The predicted molar refractivity (Wildman–Crippen MR) is 99.3 cm³/mol. The summed E-state index contributed by atoms with van der Waals surface area (Å²) >= 11 is 0. The first-order valence-electron chi connectivity index (χ1n) is 9.92. The number of allylic oxidation sites excluding steroid dienone is 1. The zero-order chi connectivity index (χ0) is 19.2. The van der Waals surface area contributed by atoms with Crippen molar-refractivity contribution in [3.8, 4) is 0 Å². The van der Waals surface area contributed by atoms with Crippen LogP contribution in [0, 0.1) is 0 Å². The van der Waals surface area contributed by atoms with Gasteiger partial charge in [0.1, 0.15) is 0 Å². The Bertz CT molecular complexity index is 535. The molecule has 26 heavy (non-hydrogen) atoms. The van der Waals surface area contributed by atoms with E-state index >= 15 is 0 Å². The molecule has 0 saturated carbocycles. The van der Waals surface area contributed by atoms with E-state index in [-0.39, 0.29) is 5.91 Å². The van der Waals surface area contributed by atoms with Crippen molar-refractivity contribution in [3.63, 3.8) is 0 Å². The number of morpholine rings is 1. The van der Waals surface area contributed by atoms with Crippen LogP contribution in [0.15, 0.2) is 11.4 Å². The fourth-order valence-electron chi connectivity index (χ4n) is 3.70. The summed E-state index contributed by atoms with van der Waals surface area (Å²) in [5.74, 6) is -0.987. The first kappa shape index (κ1) is 20.9. The van der Waals surface area contributed by atoms with E-state index in [2.05, 4.69) is 6.92 Å². The molecular weight excluding hydrogens is 335 g/mol. The van der Waals surface area contributed by atoms with Crippen molar-refractivity contribution in [1.29, 1.82) is 0 Å². The van der Waals surface area contributed by atoms with Gasteiger partial charge in [-0.05, 0) is 38.7 Å². The highest BCUT2D eigenvalue weighted by molar-refractivity contribution is 5.92. The van der Waals surface area contributed by atoms with Crippen LogP contribution in [0.4, 0.5) is 4.39 Å². The summed E-state index contributed by atoms with van der Waals surface area (Å²) in [7, 11) is 0. The number of amides is 2. The smallest absolute Gasteiger partial charge is 0.282 e. The van der Waals surface area contributed by atoms with Crippen molar-refractivity contribution in [2.75, 3.05) is 32.8 Å². The first-order chi connectivity index (χ1) is 12.4. The molecule has 2 rings (SSSR count). The molecule has 2 fully saturated rings. The molecule has 0 N–H and O–H groups in total. The highest BCUT2D eigenvalue weighted by atomic mass is 19.1. The van der Waals surface area contributed by atoms with Gasteiger partial charge in [0, 0.05) is 26.1 Å². The Morgan fingerprint density at radius 1 is 1.04 bits per heavy atom. The van der Waals surface area contributed by atoms with Crippen molar-refractivity contribution in [3.05, 3.63) is 11.4 Å². The zero-order valence-electron chi connectivity index (χ0n) is 16.5. The van der Waals surface area contributed by atoms with Crippen LogP contribution >= 0.6 is 0 Å². The number of hydrogen-bond acceptors (Lipinski definition) is 3. The summed E-state index contributed by atoms with van der Waals surface area (Å²) in [6.45, 7) is 7.93. The minimum atomic E-state index is -0.665. The second-order valence-corrected chi connectivity index (χ2v) is 7.76. The van der Waals surface area contributed by atoms with E-state index in [1.165, 1.54) is 12.8 Å². The summed E-state index contributed by atoms with van der Waals surface area (Å²) in [6, 6.07) is 0. The lowest BCUT2D eigenvalue weighted by Crippen LogP contribution is -2.58. The van der Waals surface area contributed by atoms with Crippen molar-refractivity contribution in [2.24, 2.45) is 0 Å². The van der Waals surface area contributed by atoms with Crippen LogP contribution < -0.4 is 0 Å². The molecule has 0 aromatic heterocycles. The number of carbonyl (C=O) groups is 2. The lowest BCUT2D eigenvalue weighted by atomic mass is 9.89. The Hall–Kier alpha value is -1.43. The Balaban J connectivity index is 1.86. The minimum Gasteiger partial charge on any atom is -0.371 e. The van der Waals surface area contributed by atoms with Gasteiger partial charge < -0.3 is 14.5 Å². The molecule has 1 spiro atoms. The zero-order valence-corrected chi connectivity index (χ0v) is 16.5. The van der Waals surface area contributed by atoms with Gasteiger partial charge in [-0.15, -0.1) is 0 Å². The Kier molecular flexibility index (Phi) is 7.62. The maximum absolute atomic E-state index is 14.0. The number of ether oxygens (including phenoxy) is 1. The second-order valence-electron chi connectivity index (χ2n) is 7.76. The van der Waals surface area contributed by atoms with E-state index in [4.69, 9.17) is 4.74 Å². The van der Waals surface area contributed by atoms with Gasteiger partial charge in [0.2, 0.25) is 5.91 Å². The van der Waals surface area contributed by atoms with Crippen LogP contribution in [-0.2, 0) is 14.3 Å². The van der Waals surface area contributed by atoms with Crippen molar-refractivity contribution < 1.29 is 18.7 Å². The third-order valence-corrected chi connectivity index (χ3v) is 5.43. The first-order valence-corrected chi connectivity index (χ1v) is 9.92. The predicted octanol–water partition coefficient (Wildman–Crippen LogP) is 3.44. The average Bonchev–Trinajstić information content (AvgIpc) is 2.64. The molecule has 0 aliphatic carbocycles. The quantitative estimate of drug-likeness (QED) is 0.533. The highest BCUT2D eigenvalue weighted by Gasteiger charge is 2.42. The van der Waals surface area contributed by atoms with Crippen LogP contribution in [0.2, 0.25) is 0 Å². The SMILES string of the molecule is CCCCCCC(=O)N1CCC2(CC1)CN(C(=O)C(F)=C(C)C)CCO2. The third kappa shape index (κ3) is 5.29. The number of carbonyl (C=O) groups excluding carboxylic acids is 2. The summed E-state index contributed by atoms with van der Waals surface area (Å²) in [4.78, 5) is 28.1.